The van der Waals surface area contributed by atoms with Gasteiger partial charge in [-0.25, -0.2) is 8.42 Å². The van der Waals surface area contributed by atoms with Crippen molar-refractivity contribution in [3.05, 3.63) is 35.9 Å². The molecule has 1 aromatic carbocycles. The van der Waals surface area contributed by atoms with E-state index in [2.05, 4.69) is 49.3 Å². The Morgan fingerprint density at radius 2 is 1.67 bits per heavy atom. The monoisotopic (exact) mass is 475 g/mol. The molecular weight excluding hydrogens is 438 g/mol. The van der Waals surface area contributed by atoms with Crippen molar-refractivity contribution in [1.82, 2.24) is 14.7 Å². The highest BCUT2D eigenvalue weighted by Gasteiger charge is 2.50. The van der Waals surface area contributed by atoms with E-state index in [1.54, 1.807) is 4.90 Å². The molecule has 2 heterocycles. The molecule has 1 aliphatic carbocycles. The summed E-state index contributed by atoms with van der Waals surface area (Å²) in [5.74, 6) is 0.332. The van der Waals surface area contributed by atoms with Gasteiger partial charge < -0.3 is 9.80 Å². The number of carbonyl (C=O) groups is 2. The topological polar surface area (TPSA) is 78.0 Å². The Labute approximate surface area is 198 Å². The number of hydrogen-bond donors (Lipinski definition) is 0. The molecule has 0 aromatic heterocycles. The Balaban J connectivity index is 1.29. The van der Waals surface area contributed by atoms with Crippen LogP contribution in [0, 0.1) is 5.41 Å². The molecule has 0 bridgehead atoms. The molecule has 2 saturated heterocycles. The Bertz CT molecular complexity index is 955. The van der Waals surface area contributed by atoms with Crippen LogP contribution >= 0.6 is 0 Å². The highest BCUT2D eigenvalue weighted by Crippen LogP contribution is 2.52. The van der Waals surface area contributed by atoms with E-state index in [-0.39, 0.29) is 34.3 Å². The van der Waals surface area contributed by atoms with E-state index in [0.29, 0.717) is 38.9 Å². The maximum absolute atomic E-state index is 12.8. The second kappa shape index (κ2) is 9.37. The summed E-state index contributed by atoms with van der Waals surface area (Å²) in [5.41, 5.74) is 1.43. The number of hydrogen-bond acceptors (Lipinski definition) is 5. The van der Waals surface area contributed by atoms with Gasteiger partial charge in [-0.3, -0.25) is 14.5 Å². The third kappa shape index (κ3) is 5.11. The number of sulfone groups is 1. The summed E-state index contributed by atoms with van der Waals surface area (Å²) < 4.78 is 23.1. The van der Waals surface area contributed by atoms with Gasteiger partial charge in [0.25, 0.3) is 0 Å². The minimum atomic E-state index is -2.99. The number of nitrogens with zero attached hydrogens (tertiary/aromatic N) is 3. The van der Waals surface area contributed by atoms with Crippen LogP contribution in [0.5, 0.6) is 0 Å². The van der Waals surface area contributed by atoms with E-state index in [1.807, 2.05) is 4.90 Å². The van der Waals surface area contributed by atoms with Gasteiger partial charge in [0.2, 0.25) is 11.8 Å². The molecule has 8 heteroatoms. The molecule has 3 fully saturated rings. The average molecular weight is 476 g/mol. The quantitative estimate of drug-likeness (QED) is 0.631. The van der Waals surface area contributed by atoms with Crippen molar-refractivity contribution < 1.29 is 18.0 Å². The summed E-state index contributed by atoms with van der Waals surface area (Å²) in [5, 5.41) is 0. The molecule has 0 N–H and O–H groups in total. The van der Waals surface area contributed by atoms with E-state index in [1.165, 1.54) is 5.56 Å². The van der Waals surface area contributed by atoms with E-state index in [4.69, 9.17) is 0 Å². The molecule has 4 rings (SSSR count). The van der Waals surface area contributed by atoms with Crippen LogP contribution in [-0.2, 0) is 25.0 Å². The van der Waals surface area contributed by atoms with Crippen molar-refractivity contribution in [3.63, 3.8) is 0 Å². The highest BCUT2D eigenvalue weighted by molar-refractivity contribution is 7.91. The summed E-state index contributed by atoms with van der Waals surface area (Å²) in [6.45, 7) is 1.99. The molecule has 1 saturated carbocycles. The van der Waals surface area contributed by atoms with Crippen LogP contribution in [0.2, 0.25) is 0 Å². The SMILES string of the molecule is CN(C)C1(c2ccccc2)CCC2(CC1)CC(=O)N(CCCC(=O)N1CCS(=O)(=O)CC1)C2. The zero-order chi connectivity index (χ0) is 23.7. The maximum atomic E-state index is 12.8. The van der Waals surface area contributed by atoms with Crippen LogP contribution in [0.15, 0.2) is 30.3 Å². The first-order valence-corrected chi connectivity index (χ1v) is 14.0. The van der Waals surface area contributed by atoms with Crippen molar-refractivity contribution in [2.24, 2.45) is 5.41 Å². The largest absolute Gasteiger partial charge is 0.342 e. The van der Waals surface area contributed by atoms with Gasteiger partial charge in [-0.05, 0) is 57.2 Å². The molecule has 182 valence electrons. The molecule has 0 radical (unpaired) electrons. The van der Waals surface area contributed by atoms with Crippen LogP contribution in [0.1, 0.15) is 50.5 Å². The smallest absolute Gasteiger partial charge is 0.223 e. The van der Waals surface area contributed by atoms with Crippen molar-refractivity contribution in [2.45, 2.75) is 50.5 Å². The summed E-state index contributed by atoms with van der Waals surface area (Å²) in [7, 11) is 1.33. The molecular formula is C25H37N3O4S. The number of carbonyl (C=O) groups excluding carboxylic acids is 2. The third-order valence-corrected chi connectivity index (χ3v) is 9.84. The Morgan fingerprint density at radius 3 is 2.27 bits per heavy atom. The van der Waals surface area contributed by atoms with Gasteiger partial charge >= 0.3 is 0 Å². The van der Waals surface area contributed by atoms with Gasteiger partial charge in [0, 0.05) is 44.6 Å². The molecule has 2 aliphatic heterocycles. The van der Waals surface area contributed by atoms with Crippen molar-refractivity contribution in [3.8, 4) is 0 Å². The zero-order valence-electron chi connectivity index (χ0n) is 20.0. The maximum Gasteiger partial charge on any atom is 0.223 e. The van der Waals surface area contributed by atoms with E-state index < -0.39 is 9.84 Å². The zero-order valence-corrected chi connectivity index (χ0v) is 20.8. The van der Waals surface area contributed by atoms with Crippen LogP contribution in [0.3, 0.4) is 0 Å². The summed E-state index contributed by atoms with van der Waals surface area (Å²) in [6, 6.07) is 10.7. The number of benzene rings is 1. The lowest BCUT2D eigenvalue weighted by Crippen LogP contribution is -2.47. The van der Waals surface area contributed by atoms with E-state index in [9.17, 15) is 18.0 Å². The van der Waals surface area contributed by atoms with E-state index >= 15 is 0 Å². The lowest BCUT2D eigenvalue weighted by Gasteiger charge is -2.48. The number of amides is 2. The Morgan fingerprint density at radius 1 is 1.03 bits per heavy atom. The summed E-state index contributed by atoms with van der Waals surface area (Å²) in [6.07, 6.45) is 5.77. The molecule has 2 amide bonds. The van der Waals surface area contributed by atoms with Crippen molar-refractivity contribution in [1.29, 1.82) is 0 Å². The Kier molecular flexibility index (Phi) is 6.87. The van der Waals surface area contributed by atoms with Crippen LogP contribution in [0.25, 0.3) is 0 Å². The van der Waals surface area contributed by atoms with Gasteiger partial charge in [0.05, 0.1) is 11.5 Å². The van der Waals surface area contributed by atoms with Gasteiger partial charge in [-0.2, -0.15) is 0 Å². The van der Waals surface area contributed by atoms with Crippen LogP contribution in [-0.4, -0.2) is 86.7 Å². The van der Waals surface area contributed by atoms with Crippen LogP contribution in [0.4, 0.5) is 0 Å². The van der Waals surface area contributed by atoms with Gasteiger partial charge in [-0.15, -0.1) is 0 Å². The van der Waals surface area contributed by atoms with E-state index in [0.717, 1.165) is 32.2 Å². The minimum absolute atomic E-state index is 0.00236. The van der Waals surface area contributed by atoms with Crippen LogP contribution < -0.4 is 0 Å². The lowest BCUT2D eigenvalue weighted by molar-refractivity contribution is -0.132. The summed E-state index contributed by atoms with van der Waals surface area (Å²) in [4.78, 5) is 31.2. The number of rotatable bonds is 6. The first kappa shape index (κ1) is 24.2. The molecule has 33 heavy (non-hydrogen) atoms. The van der Waals surface area contributed by atoms with Gasteiger partial charge in [0.15, 0.2) is 9.84 Å². The van der Waals surface area contributed by atoms with Crippen molar-refractivity contribution >= 4 is 21.7 Å². The fourth-order valence-corrected chi connectivity index (χ4v) is 7.20. The molecule has 3 aliphatic rings. The molecule has 7 nitrogen and oxygen atoms in total. The molecule has 1 aromatic rings. The average Bonchev–Trinajstić information content (AvgIpc) is 3.09. The predicted molar refractivity (Wildman–Crippen MR) is 128 cm³/mol. The lowest BCUT2D eigenvalue weighted by atomic mass is 9.64. The first-order chi connectivity index (χ1) is 15.6. The standard InChI is InChI=1S/C25H37N3O4S/c1-26(2)25(21-7-4-3-5-8-21)12-10-24(11-13-25)19-23(30)28(20-24)14-6-9-22(29)27-15-17-33(31,32)18-16-27/h3-5,7-8H,6,9-20H2,1-2H3. The first-order valence-electron chi connectivity index (χ1n) is 12.1. The third-order valence-electron chi connectivity index (χ3n) is 8.23. The van der Waals surface area contributed by atoms with Crippen molar-refractivity contribution in [2.75, 3.05) is 51.8 Å². The Hall–Kier alpha value is -1.93. The normalized spacial score (nSPS) is 29.7. The molecule has 0 unspecified atom stereocenters. The van der Waals surface area contributed by atoms with Gasteiger partial charge in [-0.1, -0.05) is 30.3 Å². The predicted octanol–water partition coefficient (Wildman–Crippen LogP) is 2.27. The minimum Gasteiger partial charge on any atom is -0.342 e. The number of likely N-dealkylation sites (tertiary alicyclic amines) is 1. The molecule has 1 spiro atoms. The fourth-order valence-electron chi connectivity index (χ4n) is 6.00. The highest BCUT2D eigenvalue weighted by atomic mass is 32.2. The fraction of sp³-hybridized carbons (Fsp3) is 0.680. The van der Waals surface area contributed by atoms with Gasteiger partial charge in [0.1, 0.15) is 0 Å². The second-order valence-electron chi connectivity index (χ2n) is 10.4. The second-order valence-corrected chi connectivity index (χ2v) is 12.7. The summed E-state index contributed by atoms with van der Waals surface area (Å²) >= 11 is 0. The molecule has 0 atom stereocenters.